The number of hydrogen-bond donors (Lipinski definition) is 3. The van der Waals surface area contributed by atoms with Gasteiger partial charge in [0.2, 0.25) is 0 Å². The number of nitrogens with one attached hydrogen (secondary N) is 3. The number of carbonyl (C=O) groups excluding carboxylic acids is 1. The van der Waals surface area contributed by atoms with Crippen LogP contribution in [0.2, 0.25) is 0 Å². The molecule has 0 saturated heterocycles. The third-order valence-electron chi connectivity index (χ3n) is 4.72. The van der Waals surface area contributed by atoms with Gasteiger partial charge >= 0.3 is 0 Å². The number of aromatic amines is 2. The summed E-state index contributed by atoms with van der Waals surface area (Å²) in [4.78, 5) is 18.6. The van der Waals surface area contributed by atoms with Crippen LogP contribution in [0.25, 0.3) is 10.9 Å². The molecule has 0 fully saturated rings. The maximum absolute atomic E-state index is 12.5. The van der Waals surface area contributed by atoms with Crippen molar-refractivity contribution in [3.8, 4) is 6.07 Å². The minimum atomic E-state index is -0.225. The van der Waals surface area contributed by atoms with Crippen molar-refractivity contribution < 1.29 is 4.79 Å². The van der Waals surface area contributed by atoms with Gasteiger partial charge in [0.15, 0.2) is 0 Å². The van der Waals surface area contributed by atoms with Gasteiger partial charge in [0, 0.05) is 29.6 Å². The minimum absolute atomic E-state index is 0.0108. The largest absolute Gasteiger partial charge is 0.361 e. The topological polar surface area (TPSA) is 84.5 Å². The molecule has 2 heterocycles. The molecule has 0 spiro atoms. The Morgan fingerprint density at radius 3 is 2.59 bits per heavy atom. The predicted octanol–water partition coefficient (Wildman–Crippen LogP) is 3.93. The van der Waals surface area contributed by atoms with Gasteiger partial charge in [-0.15, -0.1) is 0 Å². The molecule has 132 valence electrons. The van der Waals surface area contributed by atoms with E-state index in [-0.39, 0.29) is 11.8 Å². The zero-order valence-corrected chi connectivity index (χ0v) is 14.6. The Hall–Kier alpha value is -3.78. The van der Waals surface area contributed by atoms with Crippen molar-refractivity contribution >= 4 is 16.8 Å². The molecule has 0 radical (unpaired) electrons. The smallest absolute Gasteiger partial charge is 0.267 e. The number of carbonyl (C=O) groups is 1. The van der Waals surface area contributed by atoms with E-state index in [2.05, 4.69) is 33.5 Å². The van der Waals surface area contributed by atoms with E-state index in [4.69, 9.17) is 5.26 Å². The highest BCUT2D eigenvalue weighted by molar-refractivity contribution is 5.92. The molecule has 2 aromatic carbocycles. The third kappa shape index (κ3) is 3.33. The number of H-pyrrole nitrogens is 2. The van der Waals surface area contributed by atoms with E-state index in [9.17, 15) is 4.79 Å². The van der Waals surface area contributed by atoms with Gasteiger partial charge in [-0.2, -0.15) is 5.26 Å². The third-order valence-corrected chi connectivity index (χ3v) is 4.72. The van der Waals surface area contributed by atoms with Crippen LogP contribution in [0.1, 0.15) is 33.2 Å². The molecule has 0 aliphatic carbocycles. The second-order valence-electron chi connectivity index (χ2n) is 6.36. The molecule has 1 atom stereocenters. The molecule has 0 aliphatic rings. The Bertz CT molecular complexity index is 1120. The van der Waals surface area contributed by atoms with Gasteiger partial charge in [-0.3, -0.25) is 4.79 Å². The van der Waals surface area contributed by atoms with Crippen LogP contribution in [0.5, 0.6) is 0 Å². The molecular weight excluding hydrogens is 336 g/mol. The number of aromatic nitrogens is 2. The fraction of sp³-hybridized carbons (Fsp3) is 0.0909. The van der Waals surface area contributed by atoms with E-state index >= 15 is 0 Å². The van der Waals surface area contributed by atoms with E-state index in [1.54, 1.807) is 12.1 Å². The van der Waals surface area contributed by atoms with Crippen LogP contribution in [0.15, 0.2) is 72.9 Å². The van der Waals surface area contributed by atoms with Crippen molar-refractivity contribution in [3.63, 3.8) is 0 Å². The number of amides is 1. The number of benzene rings is 2. The summed E-state index contributed by atoms with van der Waals surface area (Å²) < 4.78 is 0. The average Bonchev–Trinajstić information content (AvgIpc) is 3.36. The zero-order valence-electron chi connectivity index (χ0n) is 14.6. The van der Waals surface area contributed by atoms with Gasteiger partial charge in [0.25, 0.3) is 5.91 Å². The first-order chi connectivity index (χ1) is 13.3. The van der Waals surface area contributed by atoms with Crippen LogP contribution in [0.3, 0.4) is 0 Å². The standard InChI is InChI=1S/C22H18N4O/c23-12-16-10-11-21(26-16)22(27)25-13-18(15-6-2-1-3-7-15)19-14-24-20-9-5-4-8-17(19)20/h1-11,14,18,24,26H,13H2,(H,25,27)/t18-/m0/s1. The summed E-state index contributed by atoms with van der Waals surface area (Å²) >= 11 is 0. The average molecular weight is 354 g/mol. The summed E-state index contributed by atoms with van der Waals surface area (Å²) in [7, 11) is 0. The molecule has 1 amide bonds. The highest BCUT2D eigenvalue weighted by Gasteiger charge is 2.19. The van der Waals surface area contributed by atoms with Crippen LogP contribution in [0.4, 0.5) is 0 Å². The van der Waals surface area contributed by atoms with Gasteiger partial charge in [0.1, 0.15) is 17.5 Å². The lowest BCUT2D eigenvalue weighted by Gasteiger charge is -2.18. The van der Waals surface area contributed by atoms with Gasteiger partial charge < -0.3 is 15.3 Å². The molecule has 3 N–H and O–H groups in total. The summed E-state index contributed by atoms with van der Waals surface area (Å²) in [5.41, 5.74) is 4.10. The van der Waals surface area contributed by atoms with E-state index in [1.807, 2.05) is 48.7 Å². The second-order valence-corrected chi connectivity index (χ2v) is 6.36. The molecular formula is C22H18N4O. The van der Waals surface area contributed by atoms with Crippen LogP contribution < -0.4 is 5.32 Å². The lowest BCUT2D eigenvalue weighted by atomic mass is 9.91. The first-order valence-corrected chi connectivity index (χ1v) is 8.74. The molecule has 0 saturated carbocycles. The van der Waals surface area contributed by atoms with Gasteiger partial charge in [-0.1, -0.05) is 48.5 Å². The van der Waals surface area contributed by atoms with Crippen molar-refractivity contribution in [2.45, 2.75) is 5.92 Å². The van der Waals surface area contributed by atoms with Gasteiger partial charge in [-0.25, -0.2) is 0 Å². The second kappa shape index (κ2) is 7.22. The monoisotopic (exact) mass is 354 g/mol. The molecule has 27 heavy (non-hydrogen) atoms. The molecule has 0 unspecified atom stereocenters. The molecule has 5 nitrogen and oxygen atoms in total. The van der Waals surface area contributed by atoms with E-state index in [0.717, 1.165) is 22.0 Å². The highest BCUT2D eigenvalue weighted by atomic mass is 16.1. The Kier molecular flexibility index (Phi) is 4.46. The lowest BCUT2D eigenvalue weighted by molar-refractivity contribution is 0.0948. The summed E-state index contributed by atoms with van der Waals surface area (Å²) in [5.74, 6) is -0.214. The van der Waals surface area contributed by atoms with Crippen LogP contribution in [-0.4, -0.2) is 22.4 Å². The molecule has 4 rings (SSSR count). The van der Waals surface area contributed by atoms with E-state index in [0.29, 0.717) is 17.9 Å². The number of para-hydroxylation sites is 1. The number of hydrogen-bond acceptors (Lipinski definition) is 2. The molecule has 2 aromatic heterocycles. The number of nitrogens with zero attached hydrogens (tertiary/aromatic N) is 1. The molecule has 4 aromatic rings. The van der Waals surface area contributed by atoms with Crippen molar-refractivity contribution in [1.82, 2.24) is 15.3 Å². The van der Waals surface area contributed by atoms with Crippen molar-refractivity contribution in [3.05, 3.63) is 95.4 Å². The number of fused-ring (bicyclic) bond motifs is 1. The summed E-state index contributed by atoms with van der Waals surface area (Å²) in [6.45, 7) is 0.450. The maximum atomic E-state index is 12.5. The Labute approximate surface area is 156 Å². The molecule has 5 heteroatoms. The summed E-state index contributed by atoms with van der Waals surface area (Å²) in [6, 6.07) is 23.5. The molecule has 0 bridgehead atoms. The quantitative estimate of drug-likeness (QED) is 0.507. The Morgan fingerprint density at radius 2 is 1.81 bits per heavy atom. The fourth-order valence-electron chi connectivity index (χ4n) is 3.36. The van der Waals surface area contributed by atoms with Crippen molar-refractivity contribution in [2.75, 3.05) is 6.54 Å². The van der Waals surface area contributed by atoms with Crippen molar-refractivity contribution in [2.24, 2.45) is 0 Å². The maximum Gasteiger partial charge on any atom is 0.267 e. The van der Waals surface area contributed by atoms with Crippen LogP contribution in [0, 0.1) is 11.3 Å². The SMILES string of the molecule is N#Cc1ccc(C(=O)NC[C@@H](c2ccccc2)c2c[nH]c3ccccc23)[nH]1. The predicted molar refractivity (Wildman–Crippen MR) is 104 cm³/mol. The highest BCUT2D eigenvalue weighted by Crippen LogP contribution is 2.30. The van der Waals surface area contributed by atoms with Crippen molar-refractivity contribution in [1.29, 1.82) is 5.26 Å². The Morgan fingerprint density at radius 1 is 1.04 bits per heavy atom. The van der Waals surface area contributed by atoms with Gasteiger partial charge in [-0.05, 0) is 29.3 Å². The number of rotatable bonds is 5. The number of nitriles is 1. The minimum Gasteiger partial charge on any atom is -0.361 e. The van der Waals surface area contributed by atoms with Gasteiger partial charge in [0.05, 0.1) is 0 Å². The van der Waals surface area contributed by atoms with Crippen LogP contribution >= 0.6 is 0 Å². The van der Waals surface area contributed by atoms with E-state index in [1.165, 1.54) is 0 Å². The normalized spacial score (nSPS) is 11.8. The first-order valence-electron chi connectivity index (χ1n) is 8.74. The van der Waals surface area contributed by atoms with E-state index < -0.39 is 0 Å². The summed E-state index contributed by atoms with van der Waals surface area (Å²) in [5, 5.41) is 13.0. The Balaban J connectivity index is 1.63. The zero-order chi connectivity index (χ0) is 18.6. The first kappa shape index (κ1) is 16.7. The molecule has 0 aliphatic heterocycles. The lowest BCUT2D eigenvalue weighted by Crippen LogP contribution is -2.29. The fourth-order valence-corrected chi connectivity index (χ4v) is 3.36. The van der Waals surface area contributed by atoms with Crippen LogP contribution in [-0.2, 0) is 0 Å². The summed E-state index contributed by atoms with van der Waals surface area (Å²) in [6.07, 6.45) is 2.01.